The average molecular weight is 252 g/mol. The highest BCUT2D eigenvalue weighted by molar-refractivity contribution is 5.69. The lowest BCUT2D eigenvalue weighted by Gasteiger charge is -2.05. The van der Waals surface area contributed by atoms with E-state index in [4.69, 9.17) is 9.84 Å². The summed E-state index contributed by atoms with van der Waals surface area (Å²) in [6.45, 7) is 2.58. The van der Waals surface area contributed by atoms with Crippen LogP contribution in [0.1, 0.15) is 38.2 Å². The molecule has 0 heterocycles. The molecule has 1 aromatic rings. The fraction of sp³-hybridized carbons (Fsp3) is 0.500. The standard InChI is InChI=1S/C14H20O4/c1-2-3-4-9-18-14(17)8-6-11-5-7-12(15)13(16)10-11/h5,7,10,15-16H,2-4,6,8-9H2,1H3. The highest BCUT2D eigenvalue weighted by Gasteiger charge is 2.05. The number of phenols is 2. The van der Waals surface area contributed by atoms with E-state index in [-0.39, 0.29) is 23.9 Å². The van der Waals surface area contributed by atoms with Crippen LogP contribution in [-0.2, 0) is 16.0 Å². The number of rotatable bonds is 7. The van der Waals surface area contributed by atoms with Crippen molar-refractivity contribution < 1.29 is 19.7 Å². The Morgan fingerprint density at radius 1 is 1.22 bits per heavy atom. The molecule has 0 aromatic heterocycles. The first kappa shape index (κ1) is 14.4. The number of unbranched alkanes of at least 4 members (excludes halogenated alkanes) is 2. The van der Waals surface area contributed by atoms with Gasteiger partial charge in [-0.05, 0) is 30.5 Å². The van der Waals surface area contributed by atoms with Gasteiger partial charge in [-0.2, -0.15) is 0 Å². The zero-order chi connectivity index (χ0) is 13.4. The molecule has 0 amide bonds. The number of benzene rings is 1. The molecule has 2 N–H and O–H groups in total. The zero-order valence-electron chi connectivity index (χ0n) is 10.7. The van der Waals surface area contributed by atoms with Crippen molar-refractivity contribution in [2.45, 2.75) is 39.0 Å². The van der Waals surface area contributed by atoms with Gasteiger partial charge in [0, 0.05) is 6.42 Å². The summed E-state index contributed by atoms with van der Waals surface area (Å²) in [5.74, 6) is -0.539. The minimum Gasteiger partial charge on any atom is -0.504 e. The van der Waals surface area contributed by atoms with E-state index in [2.05, 4.69) is 6.92 Å². The number of aryl methyl sites for hydroxylation is 1. The maximum atomic E-state index is 11.4. The average Bonchev–Trinajstić information content (AvgIpc) is 2.36. The maximum Gasteiger partial charge on any atom is 0.306 e. The van der Waals surface area contributed by atoms with Gasteiger partial charge in [-0.1, -0.05) is 25.8 Å². The van der Waals surface area contributed by atoms with Gasteiger partial charge in [0.25, 0.3) is 0 Å². The molecule has 0 aliphatic carbocycles. The highest BCUT2D eigenvalue weighted by atomic mass is 16.5. The third-order valence-electron chi connectivity index (χ3n) is 2.67. The molecule has 1 aromatic carbocycles. The van der Waals surface area contributed by atoms with E-state index < -0.39 is 0 Å². The number of hydrogen-bond donors (Lipinski definition) is 2. The minimum absolute atomic E-state index is 0.152. The van der Waals surface area contributed by atoms with Gasteiger partial charge in [0.15, 0.2) is 11.5 Å². The Balaban J connectivity index is 2.27. The van der Waals surface area contributed by atoms with E-state index in [0.29, 0.717) is 13.0 Å². The fourth-order valence-electron chi connectivity index (χ4n) is 1.58. The van der Waals surface area contributed by atoms with E-state index in [1.807, 2.05) is 0 Å². The molecule has 0 saturated carbocycles. The Labute approximate surface area is 107 Å². The molecule has 0 fully saturated rings. The first-order valence-corrected chi connectivity index (χ1v) is 6.30. The van der Waals surface area contributed by atoms with Crippen LogP contribution in [0.15, 0.2) is 18.2 Å². The van der Waals surface area contributed by atoms with Gasteiger partial charge in [-0.25, -0.2) is 0 Å². The second kappa shape index (κ2) is 7.58. The summed E-state index contributed by atoms with van der Waals surface area (Å²) in [7, 11) is 0. The first-order chi connectivity index (χ1) is 8.63. The molecule has 0 atom stereocenters. The van der Waals surface area contributed by atoms with Crippen molar-refractivity contribution in [2.75, 3.05) is 6.61 Å². The molecule has 100 valence electrons. The van der Waals surface area contributed by atoms with Gasteiger partial charge in [-0.3, -0.25) is 4.79 Å². The highest BCUT2D eigenvalue weighted by Crippen LogP contribution is 2.25. The summed E-state index contributed by atoms with van der Waals surface area (Å²) in [4.78, 5) is 11.4. The Hall–Kier alpha value is -1.71. The topological polar surface area (TPSA) is 66.8 Å². The molecule has 4 nitrogen and oxygen atoms in total. The zero-order valence-corrected chi connectivity index (χ0v) is 10.7. The summed E-state index contributed by atoms with van der Waals surface area (Å²) in [5, 5.41) is 18.4. The van der Waals surface area contributed by atoms with Crippen LogP contribution in [0.2, 0.25) is 0 Å². The van der Waals surface area contributed by atoms with Crippen LogP contribution in [-0.4, -0.2) is 22.8 Å². The Bertz CT molecular complexity index is 387. The molecule has 0 spiro atoms. The van der Waals surface area contributed by atoms with E-state index in [0.717, 1.165) is 24.8 Å². The monoisotopic (exact) mass is 252 g/mol. The fourth-order valence-corrected chi connectivity index (χ4v) is 1.58. The molecule has 0 bridgehead atoms. The smallest absolute Gasteiger partial charge is 0.306 e. The van der Waals surface area contributed by atoms with Gasteiger partial charge < -0.3 is 14.9 Å². The van der Waals surface area contributed by atoms with Crippen LogP contribution in [0.25, 0.3) is 0 Å². The molecule has 4 heteroatoms. The maximum absolute atomic E-state index is 11.4. The first-order valence-electron chi connectivity index (χ1n) is 6.30. The minimum atomic E-state index is -0.223. The molecule has 0 aliphatic heterocycles. The summed E-state index contributed by atoms with van der Waals surface area (Å²) in [5.41, 5.74) is 0.802. The van der Waals surface area contributed by atoms with Gasteiger partial charge >= 0.3 is 5.97 Å². The third-order valence-corrected chi connectivity index (χ3v) is 2.67. The predicted molar refractivity (Wildman–Crippen MR) is 68.6 cm³/mol. The van der Waals surface area contributed by atoms with E-state index in [1.165, 1.54) is 12.1 Å². The van der Waals surface area contributed by atoms with E-state index in [1.54, 1.807) is 6.07 Å². The van der Waals surface area contributed by atoms with Gasteiger partial charge in [0.05, 0.1) is 6.61 Å². The van der Waals surface area contributed by atoms with Gasteiger partial charge in [-0.15, -0.1) is 0 Å². The van der Waals surface area contributed by atoms with Crippen molar-refractivity contribution in [3.05, 3.63) is 23.8 Å². The number of esters is 1. The summed E-state index contributed by atoms with van der Waals surface area (Å²) >= 11 is 0. The van der Waals surface area contributed by atoms with Crippen LogP contribution in [0.3, 0.4) is 0 Å². The number of hydrogen-bond acceptors (Lipinski definition) is 4. The summed E-state index contributed by atoms with van der Waals surface area (Å²) < 4.78 is 5.07. The second-order valence-electron chi connectivity index (χ2n) is 4.25. The van der Waals surface area contributed by atoms with Crippen LogP contribution >= 0.6 is 0 Å². The Kier molecular flexibility index (Phi) is 6.05. The summed E-state index contributed by atoms with van der Waals surface area (Å²) in [6, 6.07) is 4.55. The van der Waals surface area contributed by atoms with Crippen molar-refractivity contribution >= 4 is 5.97 Å². The third kappa shape index (κ3) is 5.08. The number of carbonyl (C=O) groups excluding carboxylic acids is 1. The number of ether oxygens (including phenoxy) is 1. The molecular weight excluding hydrogens is 232 g/mol. The molecule has 0 saturated heterocycles. The van der Waals surface area contributed by atoms with Gasteiger partial charge in [0.2, 0.25) is 0 Å². The van der Waals surface area contributed by atoms with E-state index >= 15 is 0 Å². The van der Waals surface area contributed by atoms with Crippen molar-refractivity contribution in [2.24, 2.45) is 0 Å². The Morgan fingerprint density at radius 3 is 2.67 bits per heavy atom. The SMILES string of the molecule is CCCCCOC(=O)CCc1ccc(O)c(O)c1. The number of phenolic OH excluding ortho intramolecular Hbond substituents is 2. The van der Waals surface area contributed by atoms with Crippen molar-refractivity contribution in [3.63, 3.8) is 0 Å². The van der Waals surface area contributed by atoms with Crippen LogP contribution in [0.5, 0.6) is 11.5 Å². The number of carbonyl (C=O) groups is 1. The van der Waals surface area contributed by atoms with Crippen LogP contribution < -0.4 is 0 Å². The lowest BCUT2D eigenvalue weighted by Crippen LogP contribution is -2.07. The van der Waals surface area contributed by atoms with Crippen molar-refractivity contribution in [1.82, 2.24) is 0 Å². The number of aromatic hydroxyl groups is 2. The lowest BCUT2D eigenvalue weighted by molar-refractivity contribution is -0.143. The van der Waals surface area contributed by atoms with Gasteiger partial charge in [0.1, 0.15) is 0 Å². The molecule has 1 rings (SSSR count). The van der Waals surface area contributed by atoms with Crippen LogP contribution in [0, 0.1) is 0 Å². The van der Waals surface area contributed by atoms with Crippen molar-refractivity contribution in [3.8, 4) is 11.5 Å². The molecule has 0 unspecified atom stereocenters. The Morgan fingerprint density at radius 2 is 2.00 bits per heavy atom. The predicted octanol–water partition coefficient (Wildman–Crippen LogP) is 2.76. The summed E-state index contributed by atoms with van der Waals surface area (Å²) in [6.07, 6.45) is 3.86. The second-order valence-corrected chi connectivity index (χ2v) is 4.25. The molecular formula is C14H20O4. The normalized spacial score (nSPS) is 10.3. The van der Waals surface area contributed by atoms with Crippen LogP contribution in [0.4, 0.5) is 0 Å². The quantitative estimate of drug-likeness (QED) is 0.445. The molecule has 0 radical (unpaired) electrons. The lowest BCUT2D eigenvalue weighted by atomic mass is 10.1. The largest absolute Gasteiger partial charge is 0.504 e. The molecule has 0 aliphatic rings. The van der Waals surface area contributed by atoms with Crippen molar-refractivity contribution in [1.29, 1.82) is 0 Å². The molecule has 18 heavy (non-hydrogen) atoms. The van der Waals surface area contributed by atoms with E-state index in [9.17, 15) is 9.90 Å².